The summed E-state index contributed by atoms with van der Waals surface area (Å²) >= 11 is 0. The van der Waals surface area contributed by atoms with E-state index in [0.29, 0.717) is 11.1 Å². The van der Waals surface area contributed by atoms with Crippen molar-refractivity contribution in [3.63, 3.8) is 0 Å². The van der Waals surface area contributed by atoms with Gasteiger partial charge in [-0.05, 0) is 39.3 Å². The standard InChI is InChI=1S/C18H25O6P/c1-5-21-18(19)14-15(4)13-17(16-11-9-8-10-12-16)24-25(20,22-6-2)23-7-3/h8-14H,5-7H2,1-4H3/b15-14+,17-13-. The first kappa shape index (κ1) is 21.2. The number of carbonyl (C=O) groups excluding carboxylic acids is 1. The number of carbonyl (C=O) groups is 1. The highest BCUT2D eigenvalue weighted by atomic mass is 31.2. The quantitative estimate of drug-likeness (QED) is 0.195. The Labute approximate surface area is 149 Å². The van der Waals surface area contributed by atoms with Gasteiger partial charge in [-0.15, -0.1) is 0 Å². The molecular formula is C18H25O6P. The minimum absolute atomic E-state index is 0.178. The average Bonchev–Trinajstić information content (AvgIpc) is 2.55. The van der Waals surface area contributed by atoms with Gasteiger partial charge in [-0.3, -0.25) is 9.05 Å². The van der Waals surface area contributed by atoms with Gasteiger partial charge in [0.15, 0.2) is 0 Å². The normalized spacial score (nSPS) is 12.8. The van der Waals surface area contributed by atoms with Crippen molar-refractivity contribution in [1.82, 2.24) is 0 Å². The van der Waals surface area contributed by atoms with Gasteiger partial charge in [0.2, 0.25) is 0 Å². The minimum Gasteiger partial charge on any atom is -0.463 e. The van der Waals surface area contributed by atoms with Gasteiger partial charge in [0, 0.05) is 11.6 Å². The van der Waals surface area contributed by atoms with Crippen LogP contribution in [-0.4, -0.2) is 25.8 Å². The predicted molar refractivity (Wildman–Crippen MR) is 96.8 cm³/mol. The van der Waals surface area contributed by atoms with Crippen LogP contribution in [0.15, 0.2) is 48.1 Å². The lowest BCUT2D eigenvalue weighted by molar-refractivity contribution is -0.137. The third-order valence-electron chi connectivity index (χ3n) is 2.83. The second-order valence-corrected chi connectivity index (χ2v) is 6.48. The van der Waals surface area contributed by atoms with Gasteiger partial charge < -0.3 is 9.26 Å². The molecule has 0 aliphatic rings. The molecule has 0 radical (unpaired) electrons. The van der Waals surface area contributed by atoms with E-state index >= 15 is 0 Å². The number of benzene rings is 1. The van der Waals surface area contributed by atoms with Crippen LogP contribution < -0.4 is 0 Å². The summed E-state index contributed by atoms with van der Waals surface area (Å²) in [6, 6.07) is 9.09. The molecule has 0 unspecified atom stereocenters. The van der Waals surface area contributed by atoms with Crippen LogP contribution >= 0.6 is 7.82 Å². The molecule has 0 atom stereocenters. The van der Waals surface area contributed by atoms with Crippen molar-refractivity contribution < 1.29 is 27.7 Å². The highest BCUT2D eigenvalue weighted by Gasteiger charge is 2.28. The summed E-state index contributed by atoms with van der Waals surface area (Å²) in [5.74, 6) is -0.176. The summed E-state index contributed by atoms with van der Waals surface area (Å²) in [6.45, 7) is 7.50. The Morgan fingerprint density at radius 1 is 1.00 bits per heavy atom. The molecule has 0 aromatic heterocycles. The largest absolute Gasteiger partial charge is 0.530 e. The van der Waals surface area contributed by atoms with Crippen molar-refractivity contribution in [3.05, 3.63) is 53.6 Å². The molecule has 1 rings (SSSR count). The van der Waals surface area contributed by atoms with Crippen molar-refractivity contribution in [3.8, 4) is 0 Å². The molecule has 0 heterocycles. The molecule has 0 aliphatic carbocycles. The number of allylic oxidation sites excluding steroid dienone is 2. The van der Waals surface area contributed by atoms with Crippen molar-refractivity contribution in [2.75, 3.05) is 19.8 Å². The number of hydrogen-bond acceptors (Lipinski definition) is 6. The van der Waals surface area contributed by atoms with Gasteiger partial charge >= 0.3 is 13.8 Å². The molecule has 7 heteroatoms. The molecule has 0 saturated heterocycles. The van der Waals surface area contributed by atoms with E-state index < -0.39 is 13.8 Å². The van der Waals surface area contributed by atoms with Crippen molar-refractivity contribution in [2.45, 2.75) is 27.7 Å². The zero-order chi connectivity index (χ0) is 18.7. The van der Waals surface area contributed by atoms with Crippen LogP contribution in [0.4, 0.5) is 0 Å². The summed E-state index contributed by atoms with van der Waals surface area (Å²) in [6.07, 6.45) is 2.93. The Balaban J connectivity index is 3.19. The fraction of sp³-hybridized carbons (Fsp3) is 0.389. The SMILES string of the molecule is CCOC(=O)/C=C(C)/C=C(\OP(=O)(OCC)OCC)c1ccccc1. The third-order valence-corrected chi connectivity index (χ3v) is 4.40. The molecule has 1 aromatic carbocycles. The van der Waals surface area contributed by atoms with E-state index in [2.05, 4.69) is 0 Å². The van der Waals surface area contributed by atoms with Crippen LogP contribution in [0.5, 0.6) is 0 Å². The molecule has 0 N–H and O–H groups in total. The van der Waals surface area contributed by atoms with Crippen LogP contribution in [0.3, 0.4) is 0 Å². The number of rotatable bonds is 10. The molecule has 138 valence electrons. The van der Waals surface area contributed by atoms with Gasteiger partial charge in [0.05, 0.1) is 19.8 Å². The maximum Gasteiger partial charge on any atom is 0.530 e. The first-order chi connectivity index (χ1) is 11.9. The summed E-state index contributed by atoms with van der Waals surface area (Å²) in [4.78, 5) is 11.6. The van der Waals surface area contributed by atoms with E-state index in [9.17, 15) is 9.36 Å². The van der Waals surface area contributed by atoms with Crippen LogP contribution in [0, 0.1) is 0 Å². The Bertz CT molecular complexity index is 641. The molecule has 0 bridgehead atoms. The van der Waals surface area contributed by atoms with E-state index in [0.717, 1.165) is 0 Å². The second kappa shape index (κ2) is 10.9. The van der Waals surface area contributed by atoms with Crippen LogP contribution in [0.25, 0.3) is 5.76 Å². The fourth-order valence-electron chi connectivity index (χ4n) is 1.91. The maximum atomic E-state index is 12.7. The first-order valence-corrected chi connectivity index (χ1v) is 9.61. The molecule has 0 fully saturated rings. The zero-order valence-electron chi connectivity index (χ0n) is 15.1. The van der Waals surface area contributed by atoms with E-state index in [4.69, 9.17) is 18.3 Å². The molecule has 1 aromatic rings. The summed E-state index contributed by atoms with van der Waals surface area (Å²) in [7, 11) is -3.76. The number of phosphoric ester groups is 1. The number of ether oxygens (including phenoxy) is 1. The Morgan fingerprint density at radius 2 is 1.60 bits per heavy atom. The highest BCUT2D eigenvalue weighted by Crippen LogP contribution is 2.52. The van der Waals surface area contributed by atoms with Gasteiger partial charge in [-0.25, -0.2) is 9.36 Å². The molecule has 25 heavy (non-hydrogen) atoms. The van der Waals surface area contributed by atoms with Crippen molar-refractivity contribution >= 4 is 19.6 Å². The van der Waals surface area contributed by atoms with Crippen molar-refractivity contribution in [1.29, 1.82) is 0 Å². The first-order valence-electron chi connectivity index (χ1n) is 8.15. The summed E-state index contributed by atoms with van der Waals surface area (Å²) < 4.78 is 33.5. The number of phosphoric acid groups is 1. The van der Waals surface area contributed by atoms with Crippen LogP contribution in [0.1, 0.15) is 33.3 Å². The molecular weight excluding hydrogens is 343 g/mol. The lowest BCUT2D eigenvalue weighted by atomic mass is 10.1. The van der Waals surface area contributed by atoms with Gasteiger partial charge in [0.1, 0.15) is 5.76 Å². The van der Waals surface area contributed by atoms with Crippen LogP contribution in [0.2, 0.25) is 0 Å². The smallest absolute Gasteiger partial charge is 0.463 e. The highest BCUT2D eigenvalue weighted by molar-refractivity contribution is 7.48. The summed E-state index contributed by atoms with van der Waals surface area (Å²) in [5, 5.41) is 0. The van der Waals surface area contributed by atoms with Crippen molar-refractivity contribution in [2.24, 2.45) is 0 Å². The Hall–Kier alpha value is -1.88. The van der Waals surface area contributed by atoms with E-state index in [1.165, 1.54) is 6.08 Å². The Morgan fingerprint density at radius 3 is 2.12 bits per heavy atom. The zero-order valence-corrected chi connectivity index (χ0v) is 16.0. The molecule has 0 saturated carbocycles. The lowest BCUT2D eigenvalue weighted by Gasteiger charge is -2.19. The average molecular weight is 368 g/mol. The lowest BCUT2D eigenvalue weighted by Crippen LogP contribution is -2.02. The van der Waals surface area contributed by atoms with Gasteiger partial charge in [-0.2, -0.15) is 0 Å². The predicted octanol–water partition coefficient (Wildman–Crippen LogP) is 4.73. The molecule has 6 nitrogen and oxygen atoms in total. The van der Waals surface area contributed by atoms with E-state index in [1.807, 2.05) is 18.2 Å². The van der Waals surface area contributed by atoms with Gasteiger partial charge in [-0.1, -0.05) is 30.3 Å². The maximum absolute atomic E-state index is 12.7. The van der Waals surface area contributed by atoms with E-state index in [-0.39, 0.29) is 25.6 Å². The number of hydrogen-bond donors (Lipinski definition) is 0. The Kier molecular flexibility index (Phi) is 9.21. The van der Waals surface area contributed by atoms with E-state index in [1.54, 1.807) is 45.9 Å². The molecule has 0 spiro atoms. The number of esters is 1. The fourth-order valence-corrected chi connectivity index (χ4v) is 3.12. The minimum atomic E-state index is -3.76. The third kappa shape index (κ3) is 7.69. The topological polar surface area (TPSA) is 71.1 Å². The molecule has 0 aliphatic heterocycles. The monoisotopic (exact) mass is 368 g/mol. The van der Waals surface area contributed by atoms with Crippen LogP contribution in [-0.2, 0) is 27.7 Å². The second-order valence-electron chi connectivity index (χ2n) is 4.89. The van der Waals surface area contributed by atoms with Gasteiger partial charge in [0.25, 0.3) is 0 Å². The summed E-state index contributed by atoms with van der Waals surface area (Å²) in [5.41, 5.74) is 1.26. The molecule has 0 amide bonds.